The molecule has 2 amide bonds. The quantitative estimate of drug-likeness (QED) is 0.542. The summed E-state index contributed by atoms with van der Waals surface area (Å²) in [6, 6.07) is 11.2. The lowest BCUT2D eigenvalue weighted by Gasteiger charge is -2.13. The number of aryl methyl sites for hydroxylation is 1. The van der Waals surface area contributed by atoms with Crippen LogP contribution in [-0.4, -0.2) is 25.0 Å². The molecule has 0 fully saturated rings. The third kappa shape index (κ3) is 6.83. The number of hydrogen-bond donors (Lipinski definition) is 2. The third-order valence-corrected chi connectivity index (χ3v) is 4.85. The van der Waals surface area contributed by atoms with Crippen LogP contribution in [0.1, 0.15) is 30.9 Å². The lowest BCUT2D eigenvalue weighted by Crippen LogP contribution is -2.45. The van der Waals surface area contributed by atoms with Crippen molar-refractivity contribution in [3.63, 3.8) is 0 Å². The number of carbonyl (C=O) groups excluding carboxylic acids is 2. The first-order valence-corrected chi connectivity index (χ1v) is 10.2. The van der Waals surface area contributed by atoms with Gasteiger partial charge in [-0.25, -0.2) is 0 Å². The van der Waals surface area contributed by atoms with Crippen molar-refractivity contribution in [3.05, 3.63) is 56.5 Å². The number of hydrazine groups is 1. The summed E-state index contributed by atoms with van der Waals surface area (Å²) in [5.41, 5.74) is 6.65. The first-order chi connectivity index (χ1) is 13.3. The zero-order chi connectivity index (χ0) is 20.7. The first kappa shape index (κ1) is 22.2. The van der Waals surface area contributed by atoms with E-state index in [4.69, 9.17) is 9.47 Å². The third-order valence-electron chi connectivity index (χ3n) is 3.80. The highest BCUT2D eigenvalue weighted by Gasteiger charge is 2.11. The van der Waals surface area contributed by atoms with Crippen LogP contribution in [0.15, 0.2) is 45.3 Å². The summed E-state index contributed by atoms with van der Waals surface area (Å²) >= 11 is 6.78. The van der Waals surface area contributed by atoms with Crippen LogP contribution in [-0.2, 0) is 9.59 Å². The van der Waals surface area contributed by atoms with E-state index in [0.717, 1.165) is 14.5 Å². The Morgan fingerprint density at radius 2 is 1.54 bits per heavy atom. The van der Waals surface area contributed by atoms with Crippen molar-refractivity contribution in [2.45, 2.75) is 26.7 Å². The molecule has 0 spiro atoms. The fraction of sp³-hybridized carbons (Fsp3) is 0.300. The molecule has 2 aromatic carbocycles. The van der Waals surface area contributed by atoms with E-state index in [-0.39, 0.29) is 13.2 Å². The van der Waals surface area contributed by atoms with Gasteiger partial charge in [-0.1, -0.05) is 41.9 Å². The molecule has 0 aliphatic carbocycles. The minimum atomic E-state index is -0.483. The average Bonchev–Trinajstić information content (AvgIpc) is 2.64. The molecular weight excluding hydrogens is 492 g/mol. The second-order valence-electron chi connectivity index (χ2n) is 6.43. The van der Waals surface area contributed by atoms with Gasteiger partial charge in [-0.05, 0) is 64.2 Å². The van der Waals surface area contributed by atoms with Crippen LogP contribution in [0.25, 0.3) is 0 Å². The number of ether oxygens (including phenoxy) is 2. The zero-order valence-corrected chi connectivity index (χ0v) is 19.0. The highest BCUT2D eigenvalue weighted by atomic mass is 79.9. The molecule has 28 heavy (non-hydrogen) atoms. The monoisotopic (exact) mass is 512 g/mol. The molecule has 0 aromatic heterocycles. The van der Waals surface area contributed by atoms with Gasteiger partial charge in [-0.2, -0.15) is 0 Å². The van der Waals surface area contributed by atoms with Crippen molar-refractivity contribution >= 4 is 43.7 Å². The maximum Gasteiger partial charge on any atom is 0.276 e. The fourth-order valence-corrected chi connectivity index (χ4v) is 3.87. The normalized spacial score (nSPS) is 10.5. The average molecular weight is 514 g/mol. The summed E-state index contributed by atoms with van der Waals surface area (Å²) in [6.45, 7) is 5.63. The molecule has 0 saturated carbocycles. The Labute approximate surface area is 181 Å². The van der Waals surface area contributed by atoms with Crippen LogP contribution in [0.5, 0.6) is 11.5 Å². The minimum absolute atomic E-state index is 0.209. The molecule has 0 atom stereocenters. The summed E-state index contributed by atoms with van der Waals surface area (Å²) in [4.78, 5) is 23.7. The summed E-state index contributed by atoms with van der Waals surface area (Å²) in [5.74, 6) is 0.630. The maximum atomic E-state index is 11.9. The molecule has 0 unspecified atom stereocenters. The van der Waals surface area contributed by atoms with Gasteiger partial charge in [-0.3, -0.25) is 20.4 Å². The molecule has 0 radical (unpaired) electrons. The van der Waals surface area contributed by atoms with Crippen molar-refractivity contribution < 1.29 is 19.1 Å². The SMILES string of the molecule is Cc1cc(Br)cc(Br)c1OCC(=O)NNC(=O)COc1ccc(C(C)C)cc1. The van der Waals surface area contributed by atoms with E-state index in [1.807, 2.05) is 43.3 Å². The van der Waals surface area contributed by atoms with E-state index >= 15 is 0 Å². The van der Waals surface area contributed by atoms with Gasteiger partial charge < -0.3 is 9.47 Å². The molecule has 2 N–H and O–H groups in total. The number of rotatable bonds is 7. The van der Waals surface area contributed by atoms with Crippen molar-refractivity contribution in [1.82, 2.24) is 10.9 Å². The lowest BCUT2D eigenvalue weighted by atomic mass is 10.0. The Morgan fingerprint density at radius 3 is 2.07 bits per heavy atom. The Hall–Kier alpha value is -2.06. The van der Waals surface area contributed by atoms with E-state index in [1.165, 1.54) is 5.56 Å². The van der Waals surface area contributed by atoms with Gasteiger partial charge in [-0.15, -0.1) is 0 Å². The minimum Gasteiger partial charge on any atom is -0.484 e. The predicted molar refractivity (Wildman–Crippen MR) is 114 cm³/mol. The van der Waals surface area contributed by atoms with E-state index in [0.29, 0.717) is 17.4 Å². The standard InChI is InChI=1S/C20H22Br2N2O4/c1-12(2)14-4-6-16(7-5-14)27-10-18(25)23-24-19(26)11-28-20-13(3)8-15(21)9-17(20)22/h4-9,12H,10-11H2,1-3H3,(H,23,25)(H,24,26). The largest absolute Gasteiger partial charge is 0.484 e. The molecule has 0 bridgehead atoms. The van der Waals surface area contributed by atoms with Crippen molar-refractivity contribution in [2.24, 2.45) is 0 Å². The first-order valence-electron chi connectivity index (χ1n) is 8.65. The number of amides is 2. The van der Waals surface area contributed by atoms with Gasteiger partial charge in [0, 0.05) is 4.47 Å². The Bertz CT molecular complexity index is 816. The van der Waals surface area contributed by atoms with Gasteiger partial charge in [0.2, 0.25) is 0 Å². The molecule has 6 nitrogen and oxygen atoms in total. The molecule has 150 valence electrons. The van der Waals surface area contributed by atoms with Gasteiger partial charge >= 0.3 is 0 Å². The van der Waals surface area contributed by atoms with E-state index < -0.39 is 11.8 Å². The second kappa shape index (κ2) is 10.5. The van der Waals surface area contributed by atoms with Gasteiger partial charge in [0.25, 0.3) is 11.8 Å². The molecule has 2 aromatic rings. The molecular formula is C20H22Br2N2O4. The number of benzene rings is 2. The zero-order valence-electron chi connectivity index (χ0n) is 15.8. The van der Waals surface area contributed by atoms with E-state index in [2.05, 4.69) is 56.6 Å². The molecule has 0 saturated heterocycles. The lowest BCUT2D eigenvalue weighted by molar-refractivity contribution is -0.131. The molecule has 0 heterocycles. The topological polar surface area (TPSA) is 76.7 Å². The van der Waals surface area contributed by atoms with Crippen LogP contribution in [0.4, 0.5) is 0 Å². The van der Waals surface area contributed by atoms with E-state index in [9.17, 15) is 9.59 Å². The summed E-state index contributed by atoms with van der Waals surface area (Å²) in [6.07, 6.45) is 0. The van der Waals surface area contributed by atoms with Crippen LogP contribution in [0.2, 0.25) is 0 Å². The van der Waals surface area contributed by atoms with Crippen LogP contribution in [0.3, 0.4) is 0 Å². The Balaban J connectivity index is 1.73. The highest BCUT2D eigenvalue weighted by molar-refractivity contribution is 9.11. The van der Waals surface area contributed by atoms with E-state index in [1.54, 1.807) is 0 Å². The number of nitrogens with one attached hydrogen (secondary N) is 2. The van der Waals surface area contributed by atoms with Gasteiger partial charge in [0.15, 0.2) is 13.2 Å². The van der Waals surface area contributed by atoms with Gasteiger partial charge in [0.1, 0.15) is 11.5 Å². The molecule has 0 aliphatic rings. The predicted octanol–water partition coefficient (Wildman–Crippen LogP) is 4.25. The molecule has 2 rings (SSSR count). The fourth-order valence-electron chi connectivity index (χ4n) is 2.32. The number of halogens is 2. The maximum absolute atomic E-state index is 11.9. The molecule has 0 aliphatic heterocycles. The number of hydrogen-bond acceptors (Lipinski definition) is 4. The van der Waals surface area contributed by atoms with Crippen molar-refractivity contribution in [2.75, 3.05) is 13.2 Å². The summed E-state index contributed by atoms with van der Waals surface area (Å²) in [7, 11) is 0. The highest BCUT2D eigenvalue weighted by Crippen LogP contribution is 2.32. The van der Waals surface area contributed by atoms with Crippen molar-refractivity contribution in [1.29, 1.82) is 0 Å². The van der Waals surface area contributed by atoms with Crippen LogP contribution < -0.4 is 20.3 Å². The second-order valence-corrected chi connectivity index (χ2v) is 8.20. The summed E-state index contributed by atoms with van der Waals surface area (Å²) < 4.78 is 12.5. The Kier molecular flexibility index (Phi) is 8.32. The van der Waals surface area contributed by atoms with Crippen LogP contribution in [0, 0.1) is 6.92 Å². The number of carbonyl (C=O) groups is 2. The molecule has 8 heteroatoms. The van der Waals surface area contributed by atoms with Gasteiger partial charge in [0.05, 0.1) is 4.47 Å². The Morgan fingerprint density at radius 1 is 0.964 bits per heavy atom. The summed E-state index contributed by atoms with van der Waals surface area (Å²) in [5, 5.41) is 0. The smallest absolute Gasteiger partial charge is 0.276 e. The van der Waals surface area contributed by atoms with Crippen molar-refractivity contribution in [3.8, 4) is 11.5 Å². The van der Waals surface area contributed by atoms with Crippen LogP contribution >= 0.6 is 31.9 Å².